The fourth-order valence-corrected chi connectivity index (χ4v) is 3.26. The lowest BCUT2D eigenvalue weighted by Gasteiger charge is -2.36. The molecule has 0 radical (unpaired) electrons. The first-order valence-corrected chi connectivity index (χ1v) is 7.84. The third kappa shape index (κ3) is 2.77. The van der Waals surface area contributed by atoms with Crippen LogP contribution in [0.15, 0.2) is 39.9 Å². The summed E-state index contributed by atoms with van der Waals surface area (Å²) in [6.45, 7) is 0. The average Bonchev–Trinajstić information content (AvgIpc) is 2.56. The molecule has 0 amide bonds. The van der Waals surface area contributed by atoms with Crippen molar-refractivity contribution in [3.8, 4) is 17.2 Å². The van der Waals surface area contributed by atoms with Gasteiger partial charge in [0.15, 0.2) is 11.6 Å². The summed E-state index contributed by atoms with van der Waals surface area (Å²) in [5.41, 5.74) is 7.84. The molecular formula is C16H11BrFN3O4. The number of benzene rings is 2. The molecule has 0 bridgehead atoms. The number of carboxylic acids is 1. The Labute approximate surface area is 149 Å². The first kappa shape index (κ1) is 17.1. The zero-order valence-corrected chi connectivity index (χ0v) is 14.4. The molecule has 0 aliphatic carbocycles. The maximum absolute atomic E-state index is 14.5. The van der Waals surface area contributed by atoms with Crippen LogP contribution < -0.4 is 9.47 Å². The maximum Gasteiger partial charge on any atom is 0.304 e. The molecule has 7 nitrogen and oxygen atoms in total. The fourth-order valence-electron chi connectivity index (χ4n) is 2.90. The highest BCUT2D eigenvalue weighted by atomic mass is 79.9. The molecule has 128 valence electrons. The highest BCUT2D eigenvalue weighted by Crippen LogP contribution is 2.53. The van der Waals surface area contributed by atoms with E-state index in [2.05, 4.69) is 26.0 Å². The molecule has 1 heterocycles. The van der Waals surface area contributed by atoms with Crippen LogP contribution >= 0.6 is 15.9 Å². The van der Waals surface area contributed by atoms with Crippen molar-refractivity contribution < 1.29 is 23.8 Å². The van der Waals surface area contributed by atoms with Gasteiger partial charge in [-0.15, -0.1) is 0 Å². The number of halogens is 2. The molecule has 0 aromatic heterocycles. The lowest BCUT2D eigenvalue weighted by molar-refractivity contribution is -0.138. The van der Waals surface area contributed by atoms with Crippen molar-refractivity contribution in [2.75, 3.05) is 7.11 Å². The van der Waals surface area contributed by atoms with E-state index in [4.69, 9.17) is 15.0 Å². The van der Waals surface area contributed by atoms with Crippen LogP contribution in [0.5, 0.6) is 17.2 Å². The first-order chi connectivity index (χ1) is 11.9. The summed E-state index contributed by atoms with van der Waals surface area (Å²) >= 11 is 3.31. The zero-order chi connectivity index (χ0) is 18.2. The molecule has 3 rings (SSSR count). The molecule has 25 heavy (non-hydrogen) atoms. The molecule has 9 heteroatoms. The topological polar surface area (TPSA) is 105 Å². The Balaban J connectivity index is 2.42. The predicted octanol–water partition coefficient (Wildman–Crippen LogP) is 4.73. The van der Waals surface area contributed by atoms with Crippen molar-refractivity contribution in [3.05, 3.63) is 62.2 Å². The lowest BCUT2D eigenvalue weighted by Crippen LogP contribution is -2.32. The predicted molar refractivity (Wildman–Crippen MR) is 89.3 cm³/mol. The summed E-state index contributed by atoms with van der Waals surface area (Å²) in [6.07, 6.45) is -0.580. The van der Waals surface area contributed by atoms with E-state index >= 15 is 0 Å². The molecule has 0 spiro atoms. The standard InChI is InChI=1S/C16H11BrFN3O4/c1-24-9-5-11-15(12(18)6-9)25-13-3-2-8(17)4-10(13)16(11,20-21-19)7-14(22)23/h2-6H,7H2,1H3,(H,22,23). The first-order valence-electron chi connectivity index (χ1n) is 7.05. The van der Waals surface area contributed by atoms with Crippen LogP contribution in [-0.4, -0.2) is 18.2 Å². The van der Waals surface area contributed by atoms with Gasteiger partial charge in [-0.2, -0.15) is 0 Å². The van der Waals surface area contributed by atoms with Crippen LogP contribution in [0.3, 0.4) is 0 Å². The van der Waals surface area contributed by atoms with Crippen LogP contribution in [0.1, 0.15) is 17.5 Å². The number of nitrogens with zero attached hydrogens (tertiary/aromatic N) is 3. The molecule has 1 aliphatic heterocycles. The van der Waals surface area contributed by atoms with Gasteiger partial charge in [0.25, 0.3) is 0 Å². The van der Waals surface area contributed by atoms with Gasteiger partial charge in [0.1, 0.15) is 17.0 Å². The molecule has 1 atom stereocenters. The van der Waals surface area contributed by atoms with Crippen LogP contribution in [0, 0.1) is 5.82 Å². The van der Waals surface area contributed by atoms with E-state index in [1.807, 2.05) is 0 Å². The number of carbonyl (C=O) groups is 1. The average molecular weight is 408 g/mol. The van der Waals surface area contributed by atoms with E-state index in [1.54, 1.807) is 18.2 Å². The Morgan fingerprint density at radius 3 is 2.84 bits per heavy atom. The summed E-state index contributed by atoms with van der Waals surface area (Å²) in [5.74, 6) is -1.78. The number of azide groups is 1. The SMILES string of the molecule is COc1cc(F)c2c(c1)C(CC(=O)O)(N=[N+]=[N-])c1cc(Br)ccc1O2. The highest BCUT2D eigenvalue weighted by Gasteiger charge is 2.45. The van der Waals surface area contributed by atoms with Crippen molar-refractivity contribution >= 4 is 21.9 Å². The number of hydrogen-bond acceptors (Lipinski definition) is 4. The third-order valence-electron chi connectivity index (χ3n) is 3.92. The summed E-state index contributed by atoms with van der Waals surface area (Å²) in [5, 5.41) is 13.2. The molecule has 1 N–H and O–H groups in total. The smallest absolute Gasteiger partial charge is 0.304 e. The van der Waals surface area contributed by atoms with E-state index < -0.39 is 23.7 Å². The molecule has 2 aromatic carbocycles. The van der Waals surface area contributed by atoms with E-state index in [1.165, 1.54) is 13.2 Å². The number of ether oxygens (including phenoxy) is 2. The van der Waals surface area contributed by atoms with E-state index in [0.29, 0.717) is 10.0 Å². The van der Waals surface area contributed by atoms with Gasteiger partial charge in [0.05, 0.1) is 13.5 Å². The molecule has 0 fully saturated rings. The van der Waals surface area contributed by atoms with Gasteiger partial charge in [-0.05, 0) is 29.8 Å². The van der Waals surface area contributed by atoms with Gasteiger partial charge >= 0.3 is 5.97 Å². The second-order valence-corrected chi connectivity index (χ2v) is 6.26. The Morgan fingerprint density at radius 2 is 2.20 bits per heavy atom. The number of fused-ring (bicyclic) bond motifs is 2. The Hall–Kier alpha value is -2.77. The molecule has 1 unspecified atom stereocenters. The minimum absolute atomic E-state index is 0.0927. The molecule has 0 saturated carbocycles. The van der Waals surface area contributed by atoms with E-state index in [-0.39, 0.29) is 22.8 Å². The van der Waals surface area contributed by atoms with Crippen LogP contribution in [-0.2, 0) is 10.3 Å². The monoisotopic (exact) mass is 407 g/mol. The van der Waals surface area contributed by atoms with Crippen molar-refractivity contribution in [1.82, 2.24) is 0 Å². The second kappa shape index (κ2) is 6.27. The van der Waals surface area contributed by atoms with Crippen LogP contribution in [0.4, 0.5) is 4.39 Å². The number of hydrogen-bond donors (Lipinski definition) is 1. The minimum Gasteiger partial charge on any atom is -0.497 e. The van der Waals surface area contributed by atoms with Crippen molar-refractivity contribution in [1.29, 1.82) is 0 Å². The number of carboxylic acid groups (broad SMARTS) is 1. The lowest BCUT2D eigenvalue weighted by atomic mass is 9.78. The largest absolute Gasteiger partial charge is 0.497 e. The maximum atomic E-state index is 14.5. The number of methoxy groups -OCH3 is 1. The Kier molecular flexibility index (Phi) is 4.28. The minimum atomic E-state index is -1.68. The Morgan fingerprint density at radius 1 is 1.44 bits per heavy atom. The van der Waals surface area contributed by atoms with Crippen molar-refractivity contribution in [2.24, 2.45) is 5.11 Å². The summed E-state index contributed by atoms with van der Waals surface area (Å²) in [6, 6.07) is 7.33. The van der Waals surface area contributed by atoms with Gasteiger partial charge in [-0.25, -0.2) is 4.39 Å². The number of rotatable bonds is 4. The fraction of sp³-hybridized carbons (Fsp3) is 0.188. The van der Waals surface area contributed by atoms with Gasteiger partial charge in [-0.3, -0.25) is 4.79 Å². The zero-order valence-electron chi connectivity index (χ0n) is 12.9. The summed E-state index contributed by atoms with van der Waals surface area (Å²) < 4.78 is 25.8. The number of aliphatic carboxylic acids is 1. The van der Waals surface area contributed by atoms with Gasteiger partial charge in [-0.1, -0.05) is 21.0 Å². The normalized spacial score (nSPS) is 17.6. The van der Waals surface area contributed by atoms with E-state index in [9.17, 15) is 14.3 Å². The quantitative estimate of drug-likeness (QED) is 0.449. The Bertz CT molecular complexity index is 930. The van der Waals surface area contributed by atoms with Crippen LogP contribution in [0.2, 0.25) is 0 Å². The van der Waals surface area contributed by atoms with Gasteiger partial charge in [0.2, 0.25) is 0 Å². The van der Waals surface area contributed by atoms with Gasteiger partial charge < -0.3 is 14.6 Å². The highest BCUT2D eigenvalue weighted by molar-refractivity contribution is 9.10. The molecular weight excluding hydrogens is 397 g/mol. The summed E-state index contributed by atoms with van der Waals surface area (Å²) in [7, 11) is 1.35. The second-order valence-electron chi connectivity index (χ2n) is 5.35. The van der Waals surface area contributed by atoms with Crippen LogP contribution in [0.25, 0.3) is 10.4 Å². The van der Waals surface area contributed by atoms with E-state index in [0.717, 1.165) is 6.07 Å². The molecule has 0 saturated heterocycles. The van der Waals surface area contributed by atoms with Crippen molar-refractivity contribution in [3.63, 3.8) is 0 Å². The molecule has 2 aromatic rings. The molecule has 1 aliphatic rings. The third-order valence-corrected chi connectivity index (χ3v) is 4.41. The van der Waals surface area contributed by atoms with Crippen molar-refractivity contribution in [2.45, 2.75) is 12.0 Å². The van der Waals surface area contributed by atoms with Gasteiger partial charge in [0, 0.05) is 26.6 Å². The summed E-state index contributed by atoms with van der Waals surface area (Å²) in [4.78, 5) is 14.4.